The quantitative estimate of drug-likeness (QED) is 0.581. The Kier molecular flexibility index (Phi) is 6.24. The Labute approximate surface area is 169 Å². The van der Waals surface area contributed by atoms with Crippen molar-refractivity contribution in [3.05, 3.63) is 83.6 Å². The lowest BCUT2D eigenvalue weighted by atomic mass is 10.0. The van der Waals surface area contributed by atoms with E-state index in [1.54, 1.807) is 42.6 Å². The van der Waals surface area contributed by atoms with E-state index in [2.05, 4.69) is 35.5 Å². The summed E-state index contributed by atoms with van der Waals surface area (Å²) >= 11 is 0. The molecule has 0 aliphatic heterocycles. The van der Waals surface area contributed by atoms with E-state index in [0.29, 0.717) is 28.6 Å². The summed E-state index contributed by atoms with van der Waals surface area (Å²) in [6.45, 7) is 4.24. The number of nitrogens with one attached hydrogen (secondary N) is 2. The molecule has 0 aliphatic rings. The third-order valence-electron chi connectivity index (χ3n) is 4.45. The van der Waals surface area contributed by atoms with Gasteiger partial charge in [-0.25, -0.2) is 9.78 Å². The van der Waals surface area contributed by atoms with Crippen LogP contribution < -0.4 is 10.6 Å². The highest BCUT2D eigenvalue weighted by molar-refractivity contribution is 6.08. The summed E-state index contributed by atoms with van der Waals surface area (Å²) < 4.78 is 4.77. The smallest absolute Gasteiger partial charge is 0.339 e. The van der Waals surface area contributed by atoms with Crippen LogP contribution in [0, 0.1) is 0 Å². The minimum atomic E-state index is -0.511. The Morgan fingerprint density at radius 3 is 2.38 bits per heavy atom. The third kappa shape index (κ3) is 4.79. The van der Waals surface area contributed by atoms with Crippen LogP contribution >= 0.6 is 0 Å². The van der Waals surface area contributed by atoms with Crippen LogP contribution in [0.2, 0.25) is 0 Å². The van der Waals surface area contributed by atoms with Gasteiger partial charge in [0.05, 0.1) is 18.4 Å². The molecule has 1 heterocycles. The van der Waals surface area contributed by atoms with Gasteiger partial charge in [0.15, 0.2) is 0 Å². The molecule has 2 N–H and O–H groups in total. The number of anilines is 3. The first-order valence-electron chi connectivity index (χ1n) is 9.30. The molecule has 6 heteroatoms. The van der Waals surface area contributed by atoms with Crippen molar-refractivity contribution in [2.45, 2.75) is 19.8 Å². The van der Waals surface area contributed by atoms with Crippen molar-refractivity contribution in [3.8, 4) is 0 Å². The van der Waals surface area contributed by atoms with Crippen molar-refractivity contribution in [1.29, 1.82) is 0 Å². The van der Waals surface area contributed by atoms with Gasteiger partial charge in [0.1, 0.15) is 5.82 Å². The van der Waals surface area contributed by atoms with Crippen LogP contribution in [0.1, 0.15) is 46.0 Å². The Bertz CT molecular complexity index is 1030. The molecule has 3 rings (SSSR count). The minimum absolute atomic E-state index is 0.293. The van der Waals surface area contributed by atoms with Gasteiger partial charge >= 0.3 is 5.97 Å². The predicted molar refractivity (Wildman–Crippen MR) is 114 cm³/mol. The van der Waals surface area contributed by atoms with E-state index in [1.165, 1.54) is 7.11 Å². The SMILES string of the molecule is COC(=O)c1ccccc1NC(=O)c1ccnc(Nc2ccccc2C(C)C)c1. The molecule has 0 saturated heterocycles. The molecule has 6 nitrogen and oxygen atoms in total. The van der Waals surface area contributed by atoms with Crippen LogP contribution in [0.3, 0.4) is 0 Å². The number of methoxy groups -OCH3 is 1. The highest BCUT2D eigenvalue weighted by atomic mass is 16.5. The second-order valence-corrected chi connectivity index (χ2v) is 6.79. The van der Waals surface area contributed by atoms with Gasteiger partial charge in [-0.15, -0.1) is 0 Å². The Morgan fingerprint density at radius 1 is 0.966 bits per heavy atom. The summed E-state index contributed by atoms with van der Waals surface area (Å²) in [6.07, 6.45) is 1.57. The summed E-state index contributed by atoms with van der Waals surface area (Å²) in [5.41, 5.74) is 3.21. The number of hydrogen-bond donors (Lipinski definition) is 2. The zero-order valence-electron chi connectivity index (χ0n) is 16.6. The lowest BCUT2D eigenvalue weighted by Gasteiger charge is -2.14. The Hall–Kier alpha value is -3.67. The highest BCUT2D eigenvalue weighted by Gasteiger charge is 2.15. The molecule has 0 radical (unpaired) electrons. The summed E-state index contributed by atoms with van der Waals surface area (Å²) in [4.78, 5) is 29.0. The fourth-order valence-electron chi connectivity index (χ4n) is 2.97. The molecule has 1 amide bonds. The van der Waals surface area contributed by atoms with Crippen LogP contribution in [-0.2, 0) is 4.74 Å². The van der Waals surface area contributed by atoms with Gasteiger partial charge in [-0.1, -0.05) is 44.2 Å². The van der Waals surface area contributed by atoms with Crippen molar-refractivity contribution in [2.24, 2.45) is 0 Å². The van der Waals surface area contributed by atoms with Gasteiger partial charge in [0, 0.05) is 17.4 Å². The maximum Gasteiger partial charge on any atom is 0.339 e. The number of aromatic nitrogens is 1. The first-order valence-corrected chi connectivity index (χ1v) is 9.30. The zero-order valence-corrected chi connectivity index (χ0v) is 16.6. The van der Waals surface area contributed by atoms with Gasteiger partial charge in [-0.2, -0.15) is 0 Å². The van der Waals surface area contributed by atoms with Crippen LogP contribution in [0.25, 0.3) is 0 Å². The van der Waals surface area contributed by atoms with E-state index in [0.717, 1.165) is 11.3 Å². The van der Waals surface area contributed by atoms with E-state index in [-0.39, 0.29) is 5.91 Å². The molecule has 148 valence electrons. The van der Waals surface area contributed by atoms with Crippen molar-refractivity contribution in [1.82, 2.24) is 4.98 Å². The van der Waals surface area contributed by atoms with Gasteiger partial charge in [-0.3, -0.25) is 4.79 Å². The number of esters is 1. The number of pyridine rings is 1. The lowest BCUT2D eigenvalue weighted by molar-refractivity contribution is 0.0602. The normalized spacial score (nSPS) is 10.5. The van der Waals surface area contributed by atoms with E-state index >= 15 is 0 Å². The summed E-state index contributed by atoms with van der Waals surface area (Å²) in [7, 11) is 1.30. The Balaban J connectivity index is 1.82. The number of amides is 1. The lowest BCUT2D eigenvalue weighted by Crippen LogP contribution is -2.15. The second kappa shape index (κ2) is 9.01. The third-order valence-corrected chi connectivity index (χ3v) is 4.45. The predicted octanol–water partition coefficient (Wildman–Crippen LogP) is 4.99. The fourth-order valence-corrected chi connectivity index (χ4v) is 2.97. The van der Waals surface area contributed by atoms with Gasteiger partial charge < -0.3 is 15.4 Å². The molecule has 1 aromatic heterocycles. The van der Waals surface area contributed by atoms with Crippen molar-refractivity contribution in [3.63, 3.8) is 0 Å². The molecule has 0 saturated carbocycles. The van der Waals surface area contributed by atoms with Crippen LogP contribution in [0.4, 0.5) is 17.2 Å². The average molecular weight is 389 g/mol. The number of hydrogen-bond acceptors (Lipinski definition) is 5. The fraction of sp³-hybridized carbons (Fsp3) is 0.174. The number of para-hydroxylation sites is 2. The molecule has 0 fully saturated rings. The number of carbonyl (C=O) groups excluding carboxylic acids is 2. The summed E-state index contributed by atoms with van der Waals surface area (Å²) in [6, 6.07) is 18.0. The monoisotopic (exact) mass is 389 g/mol. The number of nitrogens with zero attached hydrogens (tertiary/aromatic N) is 1. The molecule has 0 atom stereocenters. The number of ether oxygens (including phenoxy) is 1. The molecule has 0 unspecified atom stereocenters. The average Bonchev–Trinajstić information content (AvgIpc) is 2.74. The van der Waals surface area contributed by atoms with Crippen LogP contribution in [0.5, 0.6) is 0 Å². The summed E-state index contributed by atoms with van der Waals surface area (Å²) in [5.74, 6) is 0.0548. The highest BCUT2D eigenvalue weighted by Crippen LogP contribution is 2.26. The molecular formula is C23H23N3O3. The minimum Gasteiger partial charge on any atom is -0.465 e. The van der Waals surface area contributed by atoms with E-state index < -0.39 is 5.97 Å². The molecule has 0 spiro atoms. The summed E-state index contributed by atoms with van der Waals surface area (Å²) in [5, 5.41) is 6.05. The van der Waals surface area contributed by atoms with E-state index in [9.17, 15) is 9.59 Å². The topological polar surface area (TPSA) is 80.3 Å². The van der Waals surface area contributed by atoms with Crippen LogP contribution in [0.15, 0.2) is 66.9 Å². The zero-order chi connectivity index (χ0) is 20.8. The van der Waals surface area contributed by atoms with Crippen molar-refractivity contribution >= 4 is 29.1 Å². The number of rotatable bonds is 6. The van der Waals surface area contributed by atoms with E-state index in [4.69, 9.17) is 4.74 Å². The molecule has 29 heavy (non-hydrogen) atoms. The number of carbonyl (C=O) groups is 2. The standard InChI is InChI=1S/C23H23N3O3/c1-15(2)17-8-4-6-10-19(17)25-21-14-16(12-13-24-21)22(27)26-20-11-7-5-9-18(20)23(28)29-3/h4-15H,1-3H3,(H,24,25)(H,26,27). The van der Waals surface area contributed by atoms with Gasteiger partial charge in [-0.05, 0) is 41.8 Å². The van der Waals surface area contributed by atoms with Crippen molar-refractivity contribution < 1.29 is 14.3 Å². The largest absolute Gasteiger partial charge is 0.465 e. The molecule has 0 bridgehead atoms. The molecular weight excluding hydrogens is 366 g/mol. The first kappa shape index (κ1) is 20.1. The second-order valence-electron chi connectivity index (χ2n) is 6.79. The molecule has 3 aromatic rings. The van der Waals surface area contributed by atoms with Gasteiger partial charge in [0.2, 0.25) is 0 Å². The molecule has 2 aromatic carbocycles. The first-order chi connectivity index (χ1) is 14.0. The van der Waals surface area contributed by atoms with E-state index in [1.807, 2.05) is 18.2 Å². The van der Waals surface area contributed by atoms with Crippen LogP contribution in [-0.4, -0.2) is 24.0 Å². The maximum atomic E-state index is 12.7. The maximum absolute atomic E-state index is 12.7. The number of benzene rings is 2. The van der Waals surface area contributed by atoms with Gasteiger partial charge in [0.25, 0.3) is 5.91 Å². The molecule has 0 aliphatic carbocycles. The Morgan fingerprint density at radius 2 is 1.66 bits per heavy atom. The van der Waals surface area contributed by atoms with Crippen molar-refractivity contribution in [2.75, 3.05) is 17.7 Å².